The molecule has 0 saturated carbocycles. The third-order valence-electron chi connectivity index (χ3n) is 7.62. The van der Waals surface area contributed by atoms with Crippen LogP contribution in [0, 0.1) is 11.3 Å². The third-order valence-corrected chi connectivity index (χ3v) is 7.62. The summed E-state index contributed by atoms with van der Waals surface area (Å²) in [4.78, 5) is 12.5. The maximum absolute atomic E-state index is 12.5. The Labute approximate surface area is 268 Å². The summed E-state index contributed by atoms with van der Waals surface area (Å²) in [5, 5.41) is 8.95. The Bertz CT molecular complexity index is 1480. The zero-order valence-corrected chi connectivity index (χ0v) is 26.1. The molecule has 4 aromatic carbocycles. The van der Waals surface area contributed by atoms with E-state index in [-0.39, 0.29) is 5.97 Å². The van der Waals surface area contributed by atoms with Gasteiger partial charge in [-0.2, -0.15) is 5.26 Å². The zero-order valence-electron chi connectivity index (χ0n) is 26.1. The van der Waals surface area contributed by atoms with Crippen molar-refractivity contribution in [2.45, 2.75) is 57.8 Å². The van der Waals surface area contributed by atoms with Gasteiger partial charge in [-0.25, -0.2) is 4.79 Å². The lowest BCUT2D eigenvalue weighted by Gasteiger charge is -2.08. The Hall–Kier alpha value is -4.82. The number of carbonyl (C=O) groups is 1. The first-order valence-corrected chi connectivity index (χ1v) is 16.0. The SMILES string of the molecule is C=CCCCOc1ccc(-c2ccc(C(=O)OCCCCCCCCCOc3ccc(-c4ccc(C#N)cc4)cc3)cc2)cc1. The van der Waals surface area contributed by atoms with E-state index in [0.29, 0.717) is 30.9 Å². The molecule has 0 fully saturated rings. The molecule has 5 heteroatoms. The molecule has 0 aliphatic carbocycles. The van der Waals surface area contributed by atoms with Crippen LogP contribution >= 0.6 is 0 Å². The van der Waals surface area contributed by atoms with Crippen LogP contribution in [-0.2, 0) is 4.74 Å². The van der Waals surface area contributed by atoms with Crippen molar-refractivity contribution in [3.8, 4) is 39.8 Å². The number of allylic oxidation sites excluding steroid dienone is 1. The minimum absolute atomic E-state index is 0.270. The Morgan fingerprint density at radius 3 is 1.49 bits per heavy atom. The molecule has 0 heterocycles. The number of ether oxygens (including phenoxy) is 3. The molecule has 0 bridgehead atoms. The van der Waals surface area contributed by atoms with E-state index >= 15 is 0 Å². The number of hydrogen-bond donors (Lipinski definition) is 0. The maximum atomic E-state index is 12.5. The van der Waals surface area contributed by atoms with Crippen LogP contribution < -0.4 is 9.47 Å². The average Bonchev–Trinajstić information content (AvgIpc) is 3.09. The highest BCUT2D eigenvalue weighted by Gasteiger charge is 2.08. The Morgan fingerprint density at radius 1 is 0.578 bits per heavy atom. The monoisotopic (exact) mass is 601 g/mol. The normalized spacial score (nSPS) is 10.6. The standard InChI is InChI=1S/C40H43NO4/c1-2-3-9-28-43-38-26-22-36(23-27-38)34-16-18-37(19-17-34)40(42)45-30-11-8-6-4-5-7-10-29-44-39-24-20-35(21-25-39)33-14-12-32(31-41)13-15-33/h2,12-27H,1,3-11,28-30H2. The van der Waals surface area contributed by atoms with Crippen LogP contribution in [0.1, 0.15) is 73.7 Å². The molecule has 45 heavy (non-hydrogen) atoms. The van der Waals surface area contributed by atoms with Crippen molar-refractivity contribution in [3.05, 3.63) is 121 Å². The molecule has 5 nitrogen and oxygen atoms in total. The van der Waals surface area contributed by atoms with Gasteiger partial charge in [0.15, 0.2) is 0 Å². The van der Waals surface area contributed by atoms with Gasteiger partial charge in [0, 0.05) is 0 Å². The fourth-order valence-electron chi connectivity index (χ4n) is 4.97. The second-order valence-electron chi connectivity index (χ2n) is 11.1. The summed E-state index contributed by atoms with van der Waals surface area (Å²) >= 11 is 0. The van der Waals surface area contributed by atoms with Gasteiger partial charge in [0.05, 0.1) is 37.0 Å². The number of benzene rings is 4. The third kappa shape index (κ3) is 11.3. The highest BCUT2D eigenvalue weighted by molar-refractivity contribution is 5.90. The van der Waals surface area contributed by atoms with Gasteiger partial charge in [0.2, 0.25) is 0 Å². The van der Waals surface area contributed by atoms with Crippen molar-refractivity contribution >= 4 is 5.97 Å². The van der Waals surface area contributed by atoms with Crippen LogP contribution in [-0.4, -0.2) is 25.8 Å². The van der Waals surface area contributed by atoms with Crippen molar-refractivity contribution in [1.82, 2.24) is 0 Å². The van der Waals surface area contributed by atoms with E-state index in [1.165, 1.54) is 12.8 Å². The quantitative estimate of drug-likeness (QED) is 0.0608. The van der Waals surface area contributed by atoms with E-state index in [4.69, 9.17) is 19.5 Å². The number of unbranched alkanes of at least 4 members (excludes halogenated alkanes) is 7. The first-order chi connectivity index (χ1) is 22.2. The van der Waals surface area contributed by atoms with Crippen molar-refractivity contribution in [1.29, 1.82) is 5.26 Å². The number of esters is 1. The molecule has 0 unspecified atom stereocenters. The minimum atomic E-state index is -0.270. The largest absolute Gasteiger partial charge is 0.494 e. The molecule has 0 aliphatic rings. The fraction of sp³-hybridized carbons (Fsp3) is 0.300. The van der Waals surface area contributed by atoms with E-state index in [1.54, 1.807) is 0 Å². The van der Waals surface area contributed by atoms with E-state index in [0.717, 1.165) is 78.7 Å². The first-order valence-electron chi connectivity index (χ1n) is 16.0. The highest BCUT2D eigenvalue weighted by atomic mass is 16.5. The van der Waals surface area contributed by atoms with Crippen molar-refractivity contribution < 1.29 is 19.0 Å². The first kappa shape index (κ1) is 33.1. The van der Waals surface area contributed by atoms with E-state index in [9.17, 15) is 4.79 Å². The van der Waals surface area contributed by atoms with Crippen LogP contribution in [0.5, 0.6) is 11.5 Å². The molecule has 0 aliphatic heterocycles. The number of hydrogen-bond acceptors (Lipinski definition) is 5. The molecule has 0 radical (unpaired) electrons. The Kier molecular flexibility index (Phi) is 13.8. The van der Waals surface area contributed by atoms with Gasteiger partial charge in [0.25, 0.3) is 0 Å². The maximum Gasteiger partial charge on any atom is 0.338 e. The van der Waals surface area contributed by atoms with Gasteiger partial charge < -0.3 is 14.2 Å². The summed E-state index contributed by atoms with van der Waals surface area (Å²) in [5.74, 6) is 1.46. The van der Waals surface area contributed by atoms with Crippen LogP contribution in [0.15, 0.2) is 110 Å². The molecule has 0 N–H and O–H groups in total. The summed E-state index contributed by atoms with van der Waals surface area (Å²) in [6.07, 6.45) is 11.4. The second-order valence-corrected chi connectivity index (χ2v) is 11.1. The summed E-state index contributed by atoms with van der Waals surface area (Å²) in [7, 11) is 0. The van der Waals surface area contributed by atoms with Crippen LogP contribution in [0.2, 0.25) is 0 Å². The summed E-state index contributed by atoms with van der Waals surface area (Å²) < 4.78 is 17.2. The topological polar surface area (TPSA) is 68.6 Å². The lowest BCUT2D eigenvalue weighted by atomic mass is 10.0. The van der Waals surface area contributed by atoms with E-state index in [2.05, 4.69) is 24.8 Å². The lowest BCUT2D eigenvalue weighted by molar-refractivity contribution is 0.0497. The predicted octanol–water partition coefficient (Wildman–Crippen LogP) is 10.2. The second kappa shape index (κ2) is 18.8. The molecule has 0 saturated heterocycles. The van der Waals surface area contributed by atoms with E-state index in [1.807, 2.05) is 91.0 Å². The molecule has 4 aromatic rings. The summed E-state index contributed by atoms with van der Waals surface area (Å²) in [6.45, 7) is 5.57. The van der Waals surface area contributed by atoms with E-state index < -0.39 is 0 Å². The number of nitrogens with zero attached hydrogens (tertiary/aromatic N) is 1. The van der Waals surface area contributed by atoms with Crippen LogP contribution in [0.25, 0.3) is 22.3 Å². The fourth-order valence-corrected chi connectivity index (χ4v) is 4.97. The Balaban J connectivity index is 1.01. The van der Waals surface area contributed by atoms with Crippen molar-refractivity contribution in [3.63, 3.8) is 0 Å². The van der Waals surface area contributed by atoms with Gasteiger partial charge in [0.1, 0.15) is 11.5 Å². The van der Waals surface area contributed by atoms with Gasteiger partial charge in [-0.3, -0.25) is 0 Å². The number of rotatable bonds is 19. The van der Waals surface area contributed by atoms with Crippen LogP contribution in [0.4, 0.5) is 0 Å². The summed E-state index contributed by atoms with van der Waals surface area (Å²) in [5.41, 5.74) is 5.56. The van der Waals surface area contributed by atoms with Crippen LogP contribution in [0.3, 0.4) is 0 Å². The molecule has 0 amide bonds. The zero-order chi connectivity index (χ0) is 31.5. The number of nitriles is 1. The summed E-state index contributed by atoms with van der Waals surface area (Å²) in [6, 6.07) is 33.4. The van der Waals surface area contributed by atoms with Gasteiger partial charge in [-0.15, -0.1) is 6.58 Å². The number of carbonyl (C=O) groups excluding carboxylic acids is 1. The molecule has 0 spiro atoms. The average molecular weight is 602 g/mol. The molecule has 4 rings (SSSR count). The van der Waals surface area contributed by atoms with Crippen molar-refractivity contribution in [2.75, 3.05) is 19.8 Å². The molecule has 0 aromatic heterocycles. The lowest BCUT2D eigenvalue weighted by Crippen LogP contribution is -2.06. The highest BCUT2D eigenvalue weighted by Crippen LogP contribution is 2.24. The molecular formula is C40H43NO4. The minimum Gasteiger partial charge on any atom is -0.494 e. The molecule has 0 atom stereocenters. The van der Waals surface area contributed by atoms with Gasteiger partial charge >= 0.3 is 5.97 Å². The van der Waals surface area contributed by atoms with Gasteiger partial charge in [-0.1, -0.05) is 86.7 Å². The predicted molar refractivity (Wildman–Crippen MR) is 181 cm³/mol. The molecular weight excluding hydrogens is 558 g/mol. The van der Waals surface area contributed by atoms with Crippen molar-refractivity contribution in [2.24, 2.45) is 0 Å². The molecule has 232 valence electrons. The smallest absolute Gasteiger partial charge is 0.338 e. The Morgan fingerprint density at radius 2 is 1.00 bits per heavy atom. The van der Waals surface area contributed by atoms with Gasteiger partial charge in [-0.05, 0) is 96.5 Å².